The second kappa shape index (κ2) is 8.76. The van der Waals surface area contributed by atoms with Crippen LogP contribution >= 0.6 is 0 Å². The molecule has 3 aromatic rings. The summed E-state index contributed by atoms with van der Waals surface area (Å²) in [6, 6.07) is 3.75. The molecule has 0 aliphatic heterocycles. The van der Waals surface area contributed by atoms with Crippen molar-refractivity contribution >= 4 is 5.69 Å². The van der Waals surface area contributed by atoms with Gasteiger partial charge < -0.3 is 0 Å². The Kier molecular flexibility index (Phi) is 6.55. The normalized spacial score (nSPS) is 13.0. The van der Waals surface area contributed by atoms with Crippen molar-refractivity contribution in [1.29, 1.82) is 0 Å². The third kappa shape index (κ3) is 5.58. The average molecular weight is 527 g/mol. The highest BCUT2D eigenvalue weighted by Crippen LogP contribution is 2.45. The summed E-state index contributed by atoms with van der Waals surface area (Å²) in [7, 11) is 0. The van der Waals surface area contributed by atoms with Crippen molar-refractivity contribution in [2.45, 2.75) is 24.7 Å². The first-order valence-electron chi connectivity index (χ1n) is 9.42. The van der Waals surface area contributed by atoms with Crippen LogP contribution in [0.4, 0.5) is 58.4 Å². The Morgan fingerprint density at radius 3 is 0.972 bits per heavy atom. The zero-order valence-electron chi connectivity index (χ0n) is 17.2. The second-order valence-corrected chi connectivity index (χ2v) is 7.40. The third-order valence-electron chi connectivity index (χ3n) is 4.95. The minimum absolute atomic E-state index is 0.159. The van der Waals surface area contributed by atoms with Gasteiger partial charge in [0.2, 0.25) is 5.69 Å². The molecule has 0 saturated heterocycles. The average Bonchev–Trinajstić information content (AvgIpc) is 2.75. The molecule has 0 N–H and O–H groups in total. The molecule has 0 bridgehead atoms. The fraction of sp³-hybridized carbons (Fsp3) is 0.174. The van der Waals surface area contributed by atoms with Crippen LogP contribution in [0.3, 0.4) is 0 Å². The maximum atomic E-state index is 13.2. The van der Waals surface area contributed by atoms with Crippen LogP contribution in [0.15, 0.2) is 54.6 Å². The van der Waals surface area contributed by atoms with Gasteiger partial charge >= 0.3 is 24.7 Å². The van der Waals surface area contributed by atoms with Crippen LogP contribution in [0.5, 0.6) is 0 Å². The molecule has 0 heterocycles. The predicted octanol–water partition coefficient (Wildman–Crippen LogP) is 9.65. The largest absolute Gasteiger partial charge is 0.416 e. The molecule has 3 rings (SSSR count). The van der Waals surface area contributed by atoms with E-state index in [2.05, 4.69) is 4.85 Å². The van der Waals surface area contributed by atoms with Crippen molar-refractivity contribution in [1.82, 2.24) is 0 Å². The Morgan fingerprint density at radius 1 is 0.472 bits per heavy atom. The van der Waals surface area contributed by atoms with E-state index in [0.717, 1.165) is 18.2 Å². The van der Waals surface area contributed by atoms with Gasteiger partial charge in [-0.3, -0.25) is 0 Å². The molecule has 0 fully saturated rings. The van der Waals surface area contributed by atoms with Gasteiger partial charge in [0.15, 0.2) is 0 Å². The predicted molar refractivity (Wildman–Crippen MR) is 104 cm³/mol. The Bertz CT molecular complexity index is 1180. The number of hydrogen-bond donors (Lipinski definition) is 0. The standard InChI is InChI=1S/C23H9F12N/c1-36-19-17(11-5-13(20(24,25)26)9-14(6-11)21(27,28)29)3-2-4-18(19)12-7-15(22(30,31)32)10-16(8-12)23(33,34)35/h2-10H. The van der Waals surface area contributed by atoms with Crippen molar-refractivity contribution in [3.63, 3.8) is 0 Å². The molecule has 0 aliphatic rings. The molecule has 0 unspecified atom stereocenters. The molecule has 0 aliphatic carbocycles. The van der Waals surface area contributed by atoms with Gasteiger partial charge in [0.05, 0.1) is 28.8 Å². The molecular formula is C23H9F12N. The van der Waals surface area contributed by atoms with Gasteiger partial charge in [0.1, 0.15) is 0 Å². The van der Waals surface area contributed by atoms with E-state index in [9.17, 15) is 52.7 Å². The Morgan fingerprint density at radius 2 is 0.750 bits per heavy atom. The van der Waals surface area contributed by atoms with Gasteiger partial charge in [-0.05, 0) is 58.7 Å². The number of para-hydroxylation sites is 1. The topological polar surface area (TPSA) is 4.36 Å². The summed E-state index contributed by atoms with van der Waals surface area (Å²) in [5, 5.41) is 0. The lowest BCUT2D eigenvalue weighted by molar-refractivity contribution is -0.144. The fourth-order valence-corrected chi connectivity index (χ4v) is 3.35. The van der Waals surface area contributed by atoms with E-state index >= 15 is 0 Å². The molecule has 36 heavy (non-hydrogen) atoms. The minimum atomic E-state index is -5.23. The lowest BCUT2D eigenvalue weighted by atomic mass is 9.92. The summed E-state index contributed by atoms with van der Waals surface area (Å²) in [5.74, 6) is 0. The van der Waals surface area contributed by atoms with Gasteiger partial charge in [-0.1, -0.05) is 18.2 Å². The molecule has 190 valence electrons. The first kappa shape index (κ1) is 26.9. The molecule has 13 heteroatoms. The fourth-order valence-electron chi connectivity index (χ4n) is 3.35. The lowest BCUT2D eigenvalue weighted by Crippen LogP contribution is -2.11. The van der Waals surface area contributed by atoms with E-state index in [1.165, 1.54) is 0 Å². The quantitative estimate of drug-likeness (QED) is 0.231. The van der Waals surface area contributed by atoms with E-state index in [1.54, 1.807) is 0 Å². The molecular weight excluding hydrogens is 518 g/mol. The van der Waals surface area contributed by atoms with E-state index in [-0.39, 0.29) is 12.1 Å². The molecule has 1 nitrogen and oxygen atoms in total. The highest BCUT2D eigenvalue weighted by atomic mass is 19.4. The highest BCUT2D eigenvalue weighted by Gasteiger charge is 2.38. The van der Waals surface area contributed by atoms with Crippen molar-refractivity contribution in [2.24, 2.45) is 0 Å². The number of rotatable bonds is 2. The molecule has 3 aromatic carbocycles. The monoisotopic (exact) mass is 527 g/mol. The Hall–Kier alpha value is -3.69. The van der Waals surface area contributed by atoms with Crippen molar-refractivity contribution in [3.05, 3.63) is 88.3 Å². The maximum Gasteiger partial charge on any atom is 0.416 e. The summed E-state index contributed by atoms with van der Waals surface area (Å²) in [4.78, 5) is 3.02. The van der Waals surface area contributed by atoms with Crippen LogP contribution in [-0.4, -0.2) is 0 Å². The molecule has 0 amide bonds. The van der Waals surface area contributed by atoms with Gasteiger partial charge in [-0.15, -0.1) is 0 Å². The van der Waals surface area contributed by atoms with Crippen LogP contribution in [0.25, 0.3) is 27.1 Å². The lowest BCUT2D eigenvalue weighted by Gasteiger charge is -2.17. The number of nitrogens with zero attached hydrogens (tertiary/aromatic N) is 1. The van der Waals surface area contributed by atoms with E-state index in [1.807, 2.05) is 0 Å². The van der Waals surface area contributed by atoms with E-state index < -0.39 is 74.9 Å². The maximum absolute atomic E-state index is 13.2. The number of alkyl halides is 12. The summed E-state index contributed by atoms with van der Waals surface area (Å²) in [5.41, 5.74) is -10.2. The molecule has 0 radical (unpaired) electrons. The van der Waals surface area contributed by atoms with Crippen LogP contribution in [-0.2, 0) is 24.7 Å². The van der Waals surface area contributed by atoms with Crippen molar-refractivity contribution in [3.8, 4) is 22.3 Å². The van der Waals surface area contributed by atoms with E-state index in [0.29, 0.717) is 24.3 Å². The summed E-state index contributed by atoms with van der Waals surface area (Å²) in [6.07, 6.45) is -20.9. The first-order chi connectivity index (χ1) is 16.3. The highest BCUT2D eigenvalue weighted by molar-refractivity contribution is 5.91. The summed E-state index contributed by atoms with van der Waals surface area (Å²) in [6.45, 7) is 7.37. The smallest absolute Gasteiger partial charge is 0.237 e. The summed E-state index contributed by atoms with van der Waals surface area (Å²) >= 11 is 0. The number of benzene rings is 3. The van der Waals surface area contributed by atoms with Crippen molar-refractivity contribution < 1.29 is 52.7 Å². The molecule has 0 aromatic heterocycles. The van der Waals surface area contributed by atoms with Gasteiger partial charge in [0.25, 0.3) is 0 Å². The third-order valence-corrected chi connectivity index (χ3v) is 4.95. The molecule has 0 atom stereocenters. The molecule has 0 saturated carbocycles. The van der Waals surface area contributed by atoms with Crippen LogP contribution in [0, 0.1) is 6.57 Å². The zero-order valence-corrected chi connectivity index (χ0v) is 17.2. The molecule has 0 spiro atoms. The Labute approximate surface area is 194 Å². The zero-order chi connectivity index (χ0) is 27.3. The first-order valence-corrected chi connectivity index (χ1v) is 9.42. The minimum Gasteiger partial charge on any atom is -0.237 e. The van der Waals surface area contributed by atoms with Crippen molar-refractivity contribution in [2.75, 3.05) is 0 Å². The number of halogens is 12. The van der Waals surface area contributed by atoms with Crippen LogP contribution in [0.1, 0.15) is 22.3 Å². The second-order valence-electron chi connectivity index (χ2n) is 7.40. The Balaban J connectivity index is 2.35. The number of hydrogen-bond acceptors (Lipinski definition) is 0. The summed E-state index contributed by atoms with van der Waals surface area (Å²) < 4.78 is 159. The van der Waals surface area contributed by atoms with Gasteiger partial charge in [-0.25, -0.2) is 4.85 Å². The van der Waals surface area contributed by atoms with Gasteiger partial charge in [-0.2, -0.15) is 52.7 Å². The van der Waals surface area contributed by atoms with Crippen LogP contribution < -0.4 is 0 Å². The van der Waals surface area contributed by atoms with Crippen LogP contribution in [0.2, 0.25) is 0 Å². The van der Waals surface area contributed by atoms with Gasteiger partial charge in [0, 0.05) is 0 Å². The van der Waals surface area contributed by atoms with E-state index in [4.69, 9.17) is 6.57 Å². The SMILES string of the molecule is [C-]#[N+]c1c(-c2cc(C(F)(F)F)cc(C(F)(F)F)c2)cccc1-c1cc(C(F)(F)F)cc(C(F)(F)F)c1.